The number of primary amides is 1. The summed E-state index contributed by atoms with van der Waals surface area (Å²) in [6, 6.07) is 6.72. The molecule has 1 aromatic carbocycles. The number of para-hydroxylation sites is 1. The standard InChI is InChI=1S/C15H20N2O3/c16-15(19)12-7-3-4-8-13(12)20-10-17-14(18)9-11-5-1-2-6-11/h3-4,7-8,11H,1-2,5-6,9-10H2,(H2,16,19)(H,17,18). The van der Waals surface area contributed by atoms with E-state index in [0.717, 1.165) is 12.8 Å². The van der Waals surface area contributed by atoms with E-state index in [-0.39, 0.29) is 12.6 Å². The topological polar surface area (TPSA) is 81.4 Å². The van der Waals surface area contributed by atoms with Gasteiger partial charge in [-0.3, -0.25) is 9.59 Å². The molecule has 0 radical (unpaired) electrons. The molecule has 2 amide bonds. The van der Waals surface area contributed by atoms with Gasteiger partial charge in [-0.05, 0) is 30.9 Å². The maximum Gasteiger partial charge on any atom is 0.252 e. The van der Waals surface area contributed by atoms with Gasteiger partial charge >= 0.3 is 0 Å². The Labute approximate surface area is 118 Å². The fraction of sp³-hybridized carbons (Fsp3) is 0.467. The predicted octanol–water partition coefficient (Wildman–Crippen LogP) is 1.82. The first kappa shape index (κ1) is 14.4. The zero-order chi connectivity index (χ0) is 14.4. The molecular weight excluding hydrogens is 256 g/mol. The average Bonchev–Trinajstić information content (AvgIpc) is 2.92. The van der Waals surface area contributed by atoms with E-state index >= 15 is 0 Å². The van der Waals surface area contributed by atoms with Crippen LogP contribution in [0.4, 0.5) is 0 Å². The van der Waals surface area contributed by atoms with Crippen LogP contribution in [0.5, 0.6) is 5.75 Å². The number of rotatable bonds is 6. The van der Waals surface area contributed by atoms with Crippen molar-refractivity contribution < 1.29 is 14.3 Å². The van der Waals surface area contributed by atoms with E-state index in [9.17, 15) is 9.59 Å². The smallest absolute Gasteiger partial charge is 0.252 e. The van der Waals surface area contributed by atoms with Gasteiger partial charge in [0.1, 0.15) is 5.75 Å². The first-order valence-corrected chi connectivity index (χ1v) is 6.95. The van der Waals surface area contributed by atoms with Crippen LogP contribution in [0.25, 0.3) is 0 Å². The van der Waals surface area contributed by atoms with Crippen LogP contribution in [0.15, 0.2) is 24.3 Å². The van der Waals surface area contributed by atoms with E-state index < -0.39 is 5.91 Å². The molecule has 1 aromatic rings. The predicted molar refractivity (Wildman–Crippen MR) is 75.2 cm³/mol. The molecule has 1 aliphatic rings. The molecule has 108 valence electrons. The number of amides is 2. The van der Waals surface area contributed by atoms with Crippen LogP contribution < -0.4 is 15.8 Å². The van der Waals surface area contributed by atoms with Crippen LogP contribution in [0.3, 0.4) is 0 Å². The third-order valence-corrected chi connectivity index (χ3v) is 3.60. The maximum absolute atomic E-state index is 11.7. The van der Waals surface area contributed by atoms with Crippen molar-refractivity contribution in [3.8, 4) is 5.75 Å². The van der Waals surface area contributed by atoms with Crippen molar-refractivity contribution in [2.45, 2.75) is 32.1 Å². The fourth-order valence-corrected chi connectivity index (χ4v) is 2.54. The van der Waals surface area contributed by atoms with Crippen molar-refractivity contribution >= 4 is 11.8 Å². The minimum absolute atomic E-state index is 0.00606. The lowest BCUT2D eigenvalue weighted by Gasteiger charge is -2.12. The lowest BCUT2D eigenvalue weighted by molar-refractivity contribution is -0.122. The Morgan fingerprint density at radius 2 is 1.95 bits per heavy atom. The molecule has 0 spiro atoms. The van der Waals surface area contributed by atoms with Crippen LogP contribution in [0.2, 0.25) is 0 Å². The summed E-state index contributed by atoms with van der Waals surface area (Å²) in [5, 5.41) is 2.71. The molecule has 0 heterocycles. The highest BCUT2D eigenvalue weighted by Gasteiger charge is 2.18. The Bertz CT molecular complexity index is 482. The Balaban J connectivity index is 1.78. The first-order chi connectivity index (χ1) is 9.66. The van der Waals surface area contributed by atoms with Gasteiger partial charge in [-0.15, -0.1) is 0 Å². The van der Waals surface area contributed by atoms with E-state index in [4.69, 9.17) is 10.5 Å². The van der Waals surface area contributed by atoms with Crippen molar-refractivity contribution in [3.63, 3.8) is 0 Å². The van der Waals surface area contributed by atoms with Gasteiger partial charge in [0.15, 0.2) is 6.73 Å². The summed E-state index contributed by atoms with van der Waals surface area (Å²) < 4.78 is 5.40. The molecule has 1 fully saturated rings. The number of hydrogen-bond acceptors (Lipinski definition) is 3. The summed E-state index contributed by atoms with van der Waals surface area (Å²) in [5.41, 5.74) is 5.57. The van der Waals surface area contributed by atoms with Crippen LogP contribution in [-0.4, -0.2) is 18.5 Å². The molecule has 5 nitrogen and oxygen atoms in total. The van der Waals surface area contributed by atoms with Crippen molar-refractivity contribution in [1.29, 1.82) is 0 Å². The van der Waals surface area contributed by atoms with Gasteiger partial charge in [0.05, 0.1) is 5.56 Å². The minimum atomic E-state index is -0.544. The van der Waals surface area contributed by atoms with Crippen LogP contribution in [-0.2, 0) is 4.79 Å². The lowest BCUT2D eigenvalue weighted by atomic mass is 10.0. The molecule has 0 aliphatic heterocycles. The molecule has 5 heteroatoms. The van der Waals surface area contributed by atoms with Gasteiger partial charge in [0, 0.05) is 6.42 Å². The van der Waals surface area contributed by atoms with Gasteiger partial charge < -0.3 is 15.8 Å². The van der Waals surface area contributed by atoms with E-state index in [2.05, 4.69) is 5.32 Å². The van der Waals surface area contributed by atoms with Crippen molar-refractivity contribution in [2.24, 2.45) is 11.7 Å². The number of nitrogens with one attached hydrogen (secondary N) is 1. The van der Waals surface area contributed by atoms with Crippen molar-refractivity contribution in [2.75, 3.05) is 6.73 Å². The Kier molecular flexibility index (Phi) is 4.98. The molecule has 3 N–H and O–H groups in total. The Morgan fingerprint density at radius 3 is 2.65 bits per heavy atom. The number of nitrogens with two attached hydrogens (primary N) is 1. The van der Waals surface area contributed by atoms with E-state index in [1.54, 1.807) is 24.3 Å². The number of hydrogen-bond donors (Lipinski definition) is 2. The zero-order valence-corrected chi connectivity index (χ0v) is 11.4. The zero-order valence-electron chi connectivity index (χ0n) is 11.4. The summed E-state index contributed by atoms with van der Waals surface area (Å²) in [7, 11) is 0. The largest absolute Gasteiger partial charge is 0.472 e. The van der Waals surface area contributed by atoms with Crippen LogP contribution in [0, 0.1) is 5.92 Å². The highest BCUT2D eigenvalue weighted by atomic mass is 16.5. The molecule has 1 aliphatic carbocycles. The average molecular weight is 276 g/mol. The minimum Gasteiger partial charge on any atom is -0.472 e. The van der Waals surface area contributed by atoms with Crippen LogP contribution in [0.1, 0.15) is 42.5 Å². The monoisotopic (exact) mass is 276 g/mol. The second-order valence-corrected chi connectivity index (χ2v) is 5.10. The lowest BCUT2D eigenvalue weighted by Crippen LogP contribution is -2.29. The second kappa shape index (κ2) is 6.93. The third-order valence-electron chi connectivity index (χ3n) is 3.60. The Morgan fingerprint density at radius 1 is 1.25 bits per heavy atom. The molecular formula is C15H20N2O3. The highest BCUT2D eigenvalue weighted by Crippen LogP contribution is 2.27. The van der Waals surface area contributed by atoms with Crippen LogP contribution >= 0.6 is 0 Å². The summed E-state index contributed by atoms with van der Waals surface area (Å²) >= 11 is 0. The van der Waals surface area contributed by atoms with E-state index in [0.29, 0.717) is 23.7 Å². The number of ether oxygens (including phenoxy) is 1. The number of carbonyl (C=O) groups excluding carboxylic acids is 2. The molecule has 1 saturated carbocycles. The molecule has 2 rings (SSSR count). The second-order valence-electron chi connectivity index (χ2n) is 5.10. The summed E-state index contributed by atoms with van der Waals surface area (Å²) in [4.78, 5) is 22.9. The number of carbonyl (C=O) groups is 2. The maximum atomic E-state index is 11.7. The first-order valence-electron chi connectivity index (χ1n) is 6.95. The van der Waals surface area contributed by atoms with Gasteiger partial charge in [0.25, 0.3) is 5.91 Å². The van der Waals surface area contributed by atoms with Crippen molar-refractivity contribution in [1.82, 2.24) is 5.32 Å². The molecule has 0 unspecified atom stereocenters. The molecule has 0 aromatic heterocycles. The highest BCUT2D eigenvalue weighted by molar-refractivity contribution is 5.95. The Hall–Kier alpha value is -2.04. The molecule has 0 atom stereocenters. The van der Waals surface area contributed by atoms with Gasteiger partial charge in [-0.1, -0.05) is 25.0 Å². The van der Waals surface area contributed by atoms with Gasteiger partial charge in [-0.25, -0.2) is 0 Å². The van der Waals surface area contributed by atoms with E-state index in [1.807, 2.05) is 0 Å². The van der Waals surface area contributed by atoms with Crippen molar-refractivity contribution in [3.05, 3.63) is 29.8 Å². The molecule has 20 heavy (non-hydrogen) atoms. The molecule has 0 bridgehead atoms. The van der Waals surface area contributed by atoms with Gasteiger partial charge in [-0.2, -0.15) is 0 Å². The quantitative estimate of drug-likeness (QED) is 0.778. The third kappa shape index (κ3) is 3.98. The normalized spacial score (nSPS) is 15.0. The summed E-state index contributed by atoms with van der Waals surface area (Å²) in [6.07, 6.45) is 5.28. The SMILES string of the molecule is NC(=O)c1ccccc1OCNC(=O)CC1CCCC1. The summed E-state index contributed by atoms with van der Waals surface area (Å²) in [5.74, 6) is 0.348. The van der Waals surface area contributed by atoms with E-state index in [1.165, 1.54) is 12.8 Å². The number of benzene rings is 1. The molecule has 0 saturated heterocycles. The van der Waals surface area contributed by atoms with Gasteiger partial charge in [0.2, 0.25) is 5.91 Å². The fourth-order valence-electron chi connectivity index (χ4n) is 2.54. The summed E-state index contributed by atoms with van der Waals surface area (Å²) in [6.45, 7) is 0.0514.